The molecular formula is C28H24N2O6S. The molecule has 1 aliphatic rings. The van der Waals surface area contributed by atoms with Crippen molar-refractivity contribution in [3.05, 3.63) is 89.3 Å². The first kappa shape index (κ1) is 24.5. The maximum Gasteiger partial charge on any atom is 0.338 e. The van der Waals surface area contributed by atoms with Crippen molar-refractivity contribution in [3.8, 4) is 11.5 Å². The van der Waals surface area contributed by atoms with Crippen LogP contribution in [0.1, 0.15) is 27.4 Å². The maximum absolute atomic E-state index is 13.3. The number of amides is 1. The smallest absolute Gasteiger partial charge is 0.338 e. The van der Waals surface area contributed by atoms with Gasteiger partial charge in [-0.1, -0.05) is 41.2 Å². The summed E-state index contributed by atoms with van der Waals surface area (Å²) in [4.78, 5) is 29.6. The van der Waals surface area contributed by atoms with Crippen molar-refractivity contribution >= 4 is 35.0 Å². The summed E-state index contributed by atoms with van der Waals surface area (Å²) in [5.74, 6) is 0.508. The second kappa shape index (κ2) is 10.4. The van der Waals surface area contributed by atoms with Gasteiger partial charge in [-0.25, -0.2) is 4.79 Å². The molecule has 0 bridgehead atoms. The highest BCUT2D eigenvalue weighted by molar-refractivity contribution is 7.99. The fourth-order valence-corrected chi connectivity index (χ4v) is 5.08. The molecule has 37 heavy (non-hydrogen) atoms. The fourth-order valence-electron chi connectivity index (χ4n) is 4.02. The molecule has 188 valence electrons. The second-order valence-corrected chi connectivity index (χ2v) is 9.38. The normalized spacial score (nSPS) is 11.9. The number of hydrogen-bond acceptors (Lipinski definition) is 8. The molecule has 1 amide bonds. The van der Waals surface area contributed by atoms with E-state index in [1.165, 1.54) is 13.2 Å². The summed E-state index contributed by atoms with van der Waals surface area (Å²) in [6.07, 6.45) is 0. The molecule has 0 saturated heterocycles. The van der Waals surface area contributed by atoms with E-state index in [1.54, 1.807) is 28.8 Å². The van der Waals surface area contributed by atoms with E-state index < -0.39 is 12.6 Å². The van der Waals surface area contributed by atoms with Gasteiger partial charge in [-0.3, -0.25) is 9.69 Å². The van der Waals surface area contributed by atoms with Gasteiger partial charge in [-0.15, -0.1) is 0 Å². The third kappa shape index (κ3) is 4.90. The molecule has 5 rings (SSSR count). The molecule has 0 saturated carbocycles. The van der Waals surface area contributed by atoms with Gasteiger partial charge in [0.25, 0.3) is 5.91 Å². The van der Waals surface area contributed by atoms with Crippen LogP contribution in [-0.2, 0) is 16.1 Å². The average molecular weight is 517 g/mol. The Kier molecular flexibility index (Phi) is 6.87. The summed E-state index contributed by atoms with van der Waals surface area (Å²) in [5, 5.41) is 3.92. The van der Waals surface area contributed by atoms with Crippen molar-refractivity contribution in [1.29, 1.82) is 0 Å². The lowest BCUT2D eigenvalue weighted by Crippen LogP contribution is -2.32. The van der Waals surface area contributed by atoms with E-state index in [1.807, 2.05) is 62.4 Å². The molecule has 8 nitrogen and oxygen atoms in total. The predicted octanol–water partition coefficient (Wildman–Crippen LogP) is 5.87. The topological polar surface area (TPSA) is 91.1 Å². The van der Waals surface area contributed by atoms with E-state index >= 15 is 0 Å². The number of carbonyl (C=O) groups excluding carboxylic acids is 2. The molecule has 1 aliphatic heterocycles. The first-order valence-electron chi connectivity index (χ1n) is 11.5. The van der Waals surface area contributed by atoms with Gasteiger partial charge in [0.15, 0.2) is 18.1 Å². The van der Waals surface area contributed by atoms with Gasteiger partial charge in [0, 0.05) is 9.79 Å². The average Bonchev–Trinajstić information content (AvgIpc) is 3.25. The number of fused-ring (bicyclic) bond motifs is 2. The SMILES string of the molecule is COc1cc(C(=O)OCC(=O)N2c3ccccc3Sc3ccccc32)ccc1OCc1c(C)noc1C. The van der Waals surface area contributed by atoms with Crippen molar-refractivity contribution in [2.24, 2.45) is 0 Å². The lowest BCUT2D eigenvalue weighted by molar-refractivity contribution is -0.121. The number of ether oxygens (including phenoxy) is 3. The van der Waals surface area contributed by atoms with Gasteiger partial charge in [0.1, 0.15) is 12.4 Å². The Hall–Kier alpha value is -4.24. The van der Waals surface area contributed by atoms with Crippen LogP contribution in [0, 0.1) is 13.8 Å². The van der Waals surface area contributed by atoms with Gasteiger partial charge in [-0.05, 0) is 56.3 Å². The third-order valence-electron chi connectivity index (χ3n) is 5.96. The minimum absolute atomic E-state index is 0.240. The fraction of sp³-hybridized carbons (Fsp3) is 0.179. The number of para-hydroxylation sites is 2. The molecule has 0 unspecified atom stereocenters. The predicted molar refractivity (Wildman–Crippen MR) is 138 cm³/mol. The summed E-state index contributed by atoms with van der Waals surface area (Å²) in [6, 6.07) is 20.0. The lowest BCUT2D eigenvalue weighted by atomic mass is 10.2. The summed E-state index contributed by atoms with van der Waals surface area (Å²) in [5.41, 5.74) is 3.36. The number of aryl methyl sites for hydroxylation is 2. The number of anilines is 2. The van der Waals surface area contributed by atoms with Gasteiger partial charge < -0.3 is 18.7 Å². The number of benzene rings is 3. The van der Waals surface area contributed by atoms with Crippen LogP contribution >= 0.6 is 11.8 Å². The first-order chi connectivity index (χ1) is 18.0. The molecule has 0 aliphatic carbocycles. The molecule has 0 fully saturated rings. The first-order valence-corrected chi connectivity index (χ1v) is 12.4. The van der Waals surface area contributed by atoms with Gasteiger partial charge in [-0.2, -0.15) is 0 Å². The van der Waals surface area contributed by atoms with Crippen molar-refractivity contribution in [3.63, 3.8) is 0 Å². The molecule has 0 atom stereocenters. The summed E-state index contributed by atoms with van der Waals surface area (Å²) < 4.78 is 21.9. The van der Waals surface area contributed by atoms with Crippen LogP contribution in [0.15, 0.2) is 81.0 Å². The molecule has 3 aromatic carbocycles. The molecule has 1 aromatic heterocycles. The highest BCUT2D eigenvalue weighted by atomic mass is 32.2. The second-order valence-electron chi connectivity index (χ2n) is 8.30. The van der Waals surface area contributed by atoms with Gasteiger partial charge in [0.2, 0.25) is 0 Å². The van der Waals surface area contributed by atoms with E-state index in [4.69, 9.17) is 18.7 Å². The number of aromatic nitrogens is 1. The highest BCUT2D eigenvalue weighted by Crippen LogP contribution is 2.47. The largest absolute Gasteiger partial charge is 0.493 e. The van der Waals surface area contributed by atoms with Crippen LogP contribution in [0.25, 0.3) is 0 Å². The summed E-state index contributed by atoms with van der Waals surface area (Å²) in [6.45, 7) is 3.48. The molecule has 0 spiro atoms. The van der Waals surface area contributed by atoms with Crippen LogP contribution in [0.2, 0.25) is 0 Å². The highest BCUT2D eigenvalue weighted by Gasteiger charge is 2.28. The van der Waals surface area contributed by atoms with E-state index in [0.29, 0.717) is 17.3 Å². The van der Waals surface area contributed by atoms with Crippen LogP contribution in [0.3, 0.4) is 0 Å². The Bertz CT molecular complexity index is 1420. The third-order valence-corrected chi connectivity index (χ3v) is 7.09. The summed E-state index contributed by atoms with van der Waals surface area (Å²) in [7, 11) is 1.49. The zero-order valence-electron chi connectivity index (χ0n) is 20.5. The molecule has 9 heteroatoms. The van der Waals surface area contributed by atoms with E-state index in [-0.39, 0.29) is 18.1 Å². The number of rotatable bonds is 7. The molecule has 0 radical (unpaired) electrons. The van der Waals surface area contributed by atoms with E-state index in [2.05, 4.69) is 5.16 Å². The Labute approximate surface area is 218 Å². The van der Waals surface area contributed by atoms with Crippen LogP contribution in [0.5, 0.6) is 11.5 Å². The molecular weight excluding hydrogens is 492 g/mol. The Morgan fingerprint density at radius 1 is 0.946 bits per heavy atom. The van der Waals surface area contributed by atoms with Gasteiger partial charge in [0.05, 0.1) is 35.3 Å². The quantitative estimate of drug-likeness (QED) is 0.282. The van der Waals surface area contributed by atoms with Crippen LogP contribution in [0.4, 0.5) is 11.4 Å². The lowest BCUT2D eigenvalue weighted by Gasteiger charge is -2.30. The zero-order valence-corrected chi connectivity index (χ0v) is 21.3. The molecule has 2 heterocycles. The van der Waals surface area contributed by atoms with Crippen LogP contribution < -0.4 is 14.4 Å². The van der Waals surface area contributed by atoms with Crippen molar-refractivity contribution in [2.45, 2.75) is 30.2 Å². The number of carbonyl (C=O) groups is 2. The number of nitrogens with zero attached hydrogens (tertiary/aromatic N) is 2. The molecule has 0 N–H and O–H groups in total. The Morgan fingerprint density at radius 3 is 2.24 bits per heavy atom. The number of methoxy groups -OCH3 is 1. The Morgan fingerprint density at radius 2 is 1.62 bits per heavy atom. The van der Waals surface area contributed by atoms with Crippen LogP contribution in [-0.4, -0.2) is 30.7 Å². The van der Waals surface area contributed by atoms with Crippen molar-refractivity contribution < 1.29 is 28.3 Å². The monoisotopic (exact) mass is 516 g/mol. The summed E-state index contributed by atoms with van der Waals surface area (Å²) >= 11 is 1.60. The zero-order chi connectivity index (χ0) is 25.9. The van der Waals surface area contributed by atoms with Crippen molar-refractivity contribution in [2.75, 3.05) is 18.6 Å². The number of hydrogen-bond donors (Lipinski definition) is 0. The number of esters is 1. The van der Waals surface area contributed by atoms with Crippen molar-refractivity contribution in [1.82, 2.24) is 5.16 Å². The van der Waals surface area contributed by atoms with E-state index in [0.717, 1.165) is 32.4 Å². The van der Waals surface area contributed by atoms with Gasteiger partial charge >= 0.3 is 5.97 Å². The standard InChI is InChI=1S/C28H24N2O6S/c1-17-20(18(2)36-29-17)15-34-23-13-12-19(14-24(23)33-3)28(32)35-16-27(31)30-21-8-4-6-10-25(21)37-26-11-7-5-9-22(26)30/h4-14H,15-16H2,1-3H3. The Balaban J connectivity index is 1.28. The van der Waals surface area contributed by atoms with E-state index in [9.17, 15) is 9.59 Å². The minimum Gasteiger partial charge on any atom is -0.493 e. The molecule has 4 aromatic rings. The maximum atomic E-state index is 13.3. The minimum atomic E-state index is -0.642.